The number of nitrogens with zero attached hydrogens (tertiary/aromatic N) is 1. The number of aromatic nitrogens is 1. The molecule has 0 saturated heterocycles. The molecule has 1 aromatic heterocycles. The first-order valence-electron chi connectivity index (χ1n) is 7.39. The average Bonchev–Trinajstić information content (AvgIpc) is 3.02. The summed E-state index contributed by atoms with van der Waals surface area (Å²) in [7, 11) is 0. The molecule has 1 aliphatic carbocycles. The Bertz CT molecular complexity index is 672. The average molecular weight is 303 g/mol. The molecular weight excluding hydrogens is 284 g/mol. The Morgan fingerprint density at radius 3 is 2.48 bits per heavy atom. The number of halogens is 1. The fourth-order valence-corrected chi connectivity index (χ4v) is 3.21. The van der Waals surface area contributed by atoms with Gasteiger partial charge < -0.3 is 10.3 Å². The molecule has 4 heteroatoms. The summed E-state index contributed by atoms with van der Waals surface area (Å²) in [6.45, 7) is 0. The first-order chi connectivity index (χ1) is 10.2. The molecule has 0 aliphatic heterocycles. The fourth-order valence-electron chi connectivity index (χ4n) is 3.08. The van der Waals surface area contributed by atoms with E-state index in [-0.39, 0.29) is 5.56 Å². The number of hydrogen-bond donors (Lipinski definition) is 1. The maximum atomic E-state index is 12.7. The Hall–Kier alpha value is -1.58. The summed E-state index contributed by atoms with van der Waals surface area (Å²) in [5.41, 5.74) is 7.86. The highest BCUT2D eigenvalue weighted by Crippen LogP contribution is 2.28. The molecule has 3 rings (SSSR count). The van der Waals surface area contributed by atoms with Crippen LogP contribution in [0, 0.1) is 0 Å². The van der Waals surface area contributed by atoms with E-state index in [0.29, 0.717) is 16.6 Å². The van der Waals surface area contributed by atoms with Crippen molar-refractivity contribution in [1.82, 2.24) is 4.57 Å². The van der Waals surface area contributed by atoms with Gasteiger partial charge in [0.2, 0.25) is 0 Å². The van der Waals surface area contributed by atoms with E-state index in [1.807, 2.05) is 35.0 Å². The highest BCUT2D eigenvalue weighted by Gasteiger charge is 2.20. The van der Waals surface area contributed by atoms with E-state index < -0.39 is 6.04 Å². The van der Waals surface area contributed by atoms with Gasteiger partial charge in [-0.15, -0.1) is 0 Å². The van der Waals surface area contributed by atoms with E-state index in [9.17, 15) is 4.79 Å². The number of rotatable bonds is 3. The van der Waals surface area contributed by atoms with Crippen LogP contribution < -0.4 is 11.3 Å². The number of pyridine rings is 1. The van der Waals surface area contributed by atoms with Crippen LogP contribution in [0.4, 0.5) is 0 Å². The minimum atomic E-state index is -0.413. The van der Waals surface area contributed by atoms with Gasteiger partial charge in [-0.25, -0.2) is 0 Å². The fraction of sp³-hybridized carbons (Fsp3) is 0.353. The van der Waals surface area contributed by atoms with Gasteiger partial charge in [-0.2, -0.15) is 0 Å². The van der Waals surface area contributed by atoms with Crippen LogP contribution in [0.5, 0.6) is 0 Å². The quantitative estimate of drug-likeness (QED) is 0.940. The highest BCUT2D eigenvalue weighted by atomic mass is 35.5. The molecule has 1 aromatic carbocycles. The van der Waals surface area contributed by atoms with Crippen LogP contribution in [-0.4, -0.2) is 4.57 Å². The van der Waals surface area contributed by atoms with E-state index >= 15 is 0 Å². The van der Waals surface area contributed by atoms with E-state index in [4.69, 9.17) is 17.3 Å². The van der Waals surface area contributed by atoms with Crippen LogP contribution in [0.2, 0.25) is 5.02 Å². The molecule has 3 nitrogen and oxygen atoms in total. The van der Waals surface area contributed by atoms with Crippen molar-refractivity contribution in [3.05, 3.63) is 69.1 Å². The number of hydrogen-bond acceptors (Lipinski definition) is 2. The van der Waals surface area contributed by atoms with Crippen molar-refractivity contribution in [2.45, 2.75) is 37.8 Å². The molecule has 1 aliphatic rings. The van der Waals surface area contributed by atoms with Crippen LogP contribution in [0.1, 0.15) is 48.9 Å². The van der Waals surface area contributed by atoms with Crippen LogP contribution in [0.3, 0.4) is 0 Å². The molecule has 2 aromatic rings. The molecule has 2 N–H and O–H groups in total. The maximum Gasteiger partial charge on any atom is 0.255 e. The van der Waals surface area contributed by atoms with Gasteiger partial charge in [0.1, 0.15) is 0 Å². The van der Waals surface area contributed by atoms with Crippen molar-refractivity contribution in [2.75, 3.05) is 0 Å². The van der Waals surface area contributed by atoms with Gasteiger partial charge in [-0.3, -0.25) is 4.79 Å². The van der Waals surface area contributed by atoms with Crippen LogP contribution in [0.15, 0.2) is 47.4 Å². The second-order valence-electron chi connectivity index (χ2n) is 5.64. The molecule has 1 unspecified atom stereocenters. The maximum absolute atomic E-state index is 12.7. The lowest BCUT2D eigenvalue weighted by atomic mass is 10.0. The highest BCUT2D eigenvalue weighted by molar-refractivity contribution is 6.30. The number of benzene rings is 1. The standard InChI is InChI=1S/C17H19ClN2O/c18-13-9-7-12(8-10-13)16(19)15-6-3-11-20(17(15)21)14-4-1-2-5-14/h3,6-11,14,16H,1-2,4-5,19H2. The summed E-state index contributed by atoms with van der Waals surface area (Å²) < 4.78 is 1.86. The van der Waals surface area contributed by atoms with Gasteiger partial charge in [-0.05, 0) is 36.6 Å². The van der Waals surface area contributed by atoms with Gasteiger partial charge in [0.25, 0.3) is 5.56 Å². The third-order valence-corrected chi connectivity index (χ3v) is 4.54. The van der Waals surface area contributed by atoms with Crippen molar-refractivity contribution < 1.29 is 0 Å². The zero-order valence-corrected chi connectivity index (χ0v) is 12.6. The molecule has 1 saturated carbocycles. The van der Waals surface area contributed by atoms with Crippen molar-refractivity contribution >= 4 is 11.6 Å². The number of nitrogens with two attached hydrogens (primary N) is 1. The zero-order chi connectivity index (χ0) is 14.8. The molecule has 0 radical (unpaired) electrons. The van der Waals surface area contributed by atoms with Gasteiger partial charge in [0.05, 0.1) is 6.04 Å². The summed E-state index contributed by atoms with van der Waals surface area (Å²) >= 11 is 5.90. The summed E-state index contributed by atoms with van der Waals surface area (Å²) in [6, 6.07) is 11.0. The van der Waals surface area contributed by atoms with Gasteiger partial charge >= 0.3 is 0 Å². The molecule has 0 bridgehead atoms. The molecule has 1 atom stereocenters. The Morgan fingerprint density at radius 2 is 1.81 bits per heavy atom. The van der Waals surface area contributed by atoms with Gasteiger partial charge in [0.15, 0.2) is 0 Å². The lowest BCUT2D eigenvalue weighted by Gasteiger charge is -2.17. The predicted octanol–water partition coefficient (Wildman–Crippen LogP) is 3.66. The van der Waals surface area contributed by atoms with E-state index in [0.717, 1.165) is 18.4 Å². The molecule has 1 fully saturated rings. The second-order valence-corrected chi connectivity index (χ2v) is 6.08. The first-order valence-corrected chi connectivity index (χ1v) is 7.76. The molecule has 21 heavy (non-hydrogen) atoms. The Labute approximate surface area is 129 Å². The summed E-state index contributed by atoms with van der Waals surface area (Å²) in [6.07, 6.45) is 6.45. The Balaban J connectivity index is 1.96. The van der Waals surface area contributed by atoms with Crippen LogP contribution in [0.25, 0.3) is 0 Å². The van der Waals surface area contributed by atoms with Gasteiger partial charge in [0, 0.05) is 22.8 Å². The molecular formula is C17H19ClN2O. The minimum Gasteiger partial charge on any atom is -0.320 e. The minimum absolute atomic E-state index is 0.0341. The first kappa shape index (κ1) is 14.4. The molecule has 0 amide bonds. The van der Waals surface area contributed by atoms with Crippen molar-refractivity contribution in [2.24, 2.45) is 5.73 Å². The van der Waals surface area contributed by atoms with Crippen LogP contribution >= 0.6 is 11.6 Å². The summed E-state index contributed by atoms with van der Waals surface area (Å²) in [5.74, 6) is 0. The van der Waals surface area contributed by atoms with Gasteiger partial charge in [-0.1, -0.05) is 42.6 Å². The third-order valence-electron chi connectivity index (χ3n) is 4.29. The predicted molar refractivity (Wildman–Crippen MR) is 85.7 cm³/mol. The molecule has 110 valence electrons. The van der Waals surface area contributed by atoms with Crippen molar-refractivity contribution in [3.8, 4) is 0 Å². The van der Waals surface area contributed by atoms with Crippen molar-refractivity contribution in [3.63, 3.8) is 0 Å². The Morgan fingerprint density at radius 1 is 1.14 bits per heavy atom. The summed E-state index contributed by atoms with van der Waals surface area (Å²) in [5, 5.41) is 0.669. The van der Waals surface area contributed by atoms with Crippen LogP contribution in [-0.2, 0) is 0 Å². The van der Waals surface area contributed by atoms with Crippen molar-refractivity contribution in [1.29, 1.82) is 0 Å². The lowest BCUT2D eigenvalue weighted by molar-refractivity contribution is 0.497. The SMILES string of the molecule is NC(c1ccc(Cl)cc1)c1cccn(C2CCCC2)c1=O. The lowest BCUT2D eigenvalue weighted by Crippen LogP contribution is -2.30. The van der Waals surface area contributed by atoms with E-state index in [2.05, 4.69) is 0 Å². The largest absolute Gasteiger partial charge is 0.320 e. The smallest absolute Gasteiger partial charge is 0.255 e. The Kier molecular flexibility index (Phi) is 4.13. The topological polar surface area (TPSA) is 48.0 Å². The third kappa shape index (κ3) is 2.89. The normalized spacial score (nSPS) is 17.0. The molecule has 0 spiro atoms. The zero-order valence-electron chi connectivity index (χ0n) is 11.8. The van der Waals surface area contributed by atoms with E-state index in [1.165, 1.54) is 12.8 Å². The monoisotopic (exact) mass is 302 g/mol. The summed E-state index contributed by atoms with van der Waals surface area (Å²) in [4.78, 5) is 12.7. The van der Waals surface area contributed by atoms with E-state index in [1.54, 1.807) is 12.1 Å². The second kappa shape index (κ2) is 6.04. The molecule has 1 heterocycles.